The average Bonchev–Trinajstić information content (AvgIpc) is 2.74. The van der Waals surface area contributed by atoms with Gasteiger partial charge in [-0.05, 0) is 41.0 Å². The molecular weight excluding hydrogens is 351 g/mol. The van der Waals surface area contributed by atoms with Gasteiger partial charge in [0.1, 0.15) is 18.2 Å². The molecule has 0 saturated carbocycles. The number of nitrogens with two attached hydrogens (primary N) is 1. The van der Waals surface area contributed by atoms with E-state index in [2.05, 4.69) is 17.1 Å². The number of halogens is 1. The highest BCUT2D eigenvalue weighted by atomic mass is 19.1. The molecule has 0 aliphatic rings. The van der Waals surface area contributed by atoms with Crippen molar-refractivity contribution in [3.63, 3.8) is 0 Å². The van der Waals surface area contributed by atoms with Crippen molar-refractivity contribution < 1.29 is 9.13 Å². The van der Waals surface area contributed by atoms with Gasteiger partial charge >= 0.3 is 0 Å². The predicted molar refractivity (Wildman–Crippen MR) is 110 cm³/mol. The maximum Gasteiger partial charge on any atom is 0.129 e. The van der Waals surface area contributed by atoms with E-state index in [-0.39, 0.29) is 18.5 Å². The standard InChI is InChI=1S/C24H21FN2O/c25-22-10-4-2-7-19(22)16-28-24-12-11-17-6-1-3-9-20(17)21(24)14-23(26)18-8-5-13-27-15-18/h1-13,15,23H,14,16,26H2. The summed E-state index contributed by atoms with van der Waals surface area (Å²) >= 11 is 0. The van der Waals surface area contributed by atoms with Crippen LogP contribution >= 0.6 is 0 Å². The summed E-state index contributed by atoms with van der Waals surface area (Å²) in [7, 11) is 0. The smallest absolute Gasteiger partial charge is 0.129 e. The monoisotopic (exact) mass is 372 g/mol. The Balaban J connectivity index is 1.68. The fourth-order valence-electron chi connectivity index (χ4n) is 3.37. The van der Waals surface area contributed by atoms with Crippen LogP contribution in [-0.2, 0) is 13.0 Å². The number of hydrogen-bond donors (Lipinski definition) is 1. The van der Waals surface area contributed by atoms with Crippen molar-refractivity contribution in [3.8, 4) is 5.75 Å². The van der Waals surface area contributed by atoms with Crippen molar-refractivity contribution in [2.24, 2.45) is 5.73 Å². The summed E-state index contributed by atoms with van der Waals surface area (Å²) in [5.74, 6) is 0.457. The molecule has 0 aliphatic carbocycles. The first-order valence-corrected chi connectivity index (χ1v) is 9.24. The molecule has 4 aromatic rings. The maximum absolute atomic E-state index is 14.0. The first-order valence-electron chi connectivity index (χ1n) is 9.24. The van der Waals surface area contributed by atoms with Gasteiger partial charge in [-0.2, -0.15) is 0 Å². The van der Waals surface area contributed by atoms with Crippen LogP contribution in [0.2, 0.25) is 0 Å². The van der Waals surface area contributed by atoms with Crippen molar-refractivity contribution >= 4 is 10.8 Å². The summed E-state index contributed by atoms with van der Waals surface area (Å²) < 4.78 is 20.0. The molecular formula is C24H21FN2O. The summed E-state index contributed by atoms with van der Waals surface area (Å²) in [4.78, 5) is 4.16. The van der Waals surface area contributed by atoms with E-state index in [4.69, 9.17) is 10.5 Å². The van der Waals surface area contributed by atoms with Crippen LogP contribution in [0.3, 0.4) is 0 Å². The fourth-order valence-corrected chi connectivity index (χ4v) is 3.37. The molecule has 3 nitrogen and oxygen atoms in total. The van der Waals surface area contributed by atoms with Gasteiger partial charge in [-0.1, -0.05) is 54.6 Å². The van der Waals surface area contributed by atoms with Crippen LogP contribution < -0.4 is 10.5 Å². The van der Waals surface area contributed by atoms with Crippen LogP contribution in [0.15, 0.2) is 85.2 Å². The van der Waals surface area contributed by atoms with E-state index in [1.165, 1.54) is 6.07 Å². The Kier molecular flexibility index (Phi) is 5.31. The normalized spacial score (nSPS) is 12.1. The lowest BCUT2D eigenvalue weighted by Gasteiger charge is -2.18. The van der Waals surface area contributed by atoms with Gasteiger partial charge in [0.2, 0.25) is 0 Å². The molecule has 0 fully saturated rings. The molecule has 1 atom stereocenters. The van der Waals surface area contributed by atoms with Gasteiger partial charge in [0.25, 0.3) is 0 Å². The van der Waals surface area contributed by atoms with Gasteiger partial charge in [0.05, 0.1) is 0 Å². The number of aromatic nitrogens is 1. The minimum absolute atomic E-state index is 0.167. The zero-order valence-electron chi connectivity index (χ0n) is 15.4. The molecule has 1 heterocycles. The summed E-state index contributed by atoms with van der Waals surface area (Å²) in [6.07, 6.45) is 4.12. The van der Waals surface area contributed by atoms with Crippen molar-refractivity contribution in [1.29, 1.82) is 0 Å². The molecule has 4 heteroatoms. The predicted octanol–water partition coefficient (Wildman–Crippen LogP) is 5.20. The molecule has 0 saturated heterocycles. The quantitative estimate of drug-likeness (QED) is 0.506. The van der Waals surface area contributed by atoms with Crippen LogP contribution in [0.5, 0.6) is 5.75 Å². The van der Waals surface area contributed by atoms with Gasteiger partial charge in [0, 0.05) is 29.6 Å². The summed E-state index contributed by atoms with van der Waals surface area (Å²) in [5, 5.41) is 2.21. The van der Waals surface area contributed by atoms with Crippen molar-refractivity contribution in [2.45, 2.75) is 19.1 Å². The van der Waals surface area contributed by atoms with Crippen LogP contribution in [0.25, 0.3) is 10.8 Å². The minimum Gasteiger partial charge on any atom is -0.488 e. The number of hydrogen-bond acceptors (Lipinski definition) is 3. The van der Waals surface area contributed by atoms with Gasteiger partial charge in [0.15, 0.2) is 0 Å². The molecule has 1 unspecified atom stereocenters. The second kappa shape index (κ2) is 8.19. The Bertz CT molecular complexity index is 1080. The molecule has 140 valence electrons. The highest BCUT2D eigenvalue weighted by molar-refractivity contribution is 5.87. The first-order chi connectivity index (χ1) is 13.7. The number of rotatable bonds is 6. The Morgan fingerprint density at radius 2 is 1.75 bits per heavy atom. The number of pyridine rings is 1. The molecule has 0 aliphatic heterocycles. The van der Waals surface area contributed by atoms with Gasteiger partial charge < -0.3 is 10.5 Å². The topological polar surface area (TPSA) is 48.1 Å². The SMILES string of the molecule is NC(Cc1c(OCc2ccccc2F)ccc2ccccc12)c1cccnc1. The maximum atomic E-state index is 14.0. The summed E-state index contributed by atoms with van der Waals surface area (Å²) in [5.41, 5.74) is 8.98. The van der Waals surface area contributed by atoms with Crippen LogP contribution in [0, 0.1) is 5.82 Å². The average molecular weight is 372 g/mol. The van der Waals surface area contributed by atoms with E-state index in [0.717, 1.165) is 27.6 Å². The molecule has 0 spiro atoms. The van der Waals surface area contributed by atoms with E-state index >= 15 is 0 Å². The molecule has 0 amide bonds. The zero-order valence-corrected chi connectivity index (χ0v) is 15.4. The minimum atomic E-state index is -0.267. The Morgan fingerprint density at radius 1 is 0.929 bits per heavy atom. The van der Waals surface area contributed by atoms with Crippen LogP contribution in [0.1, 0.15) is 22.7 Å². The fraction of sp³-hybridized carbons (Fsp3) is 0.125. The van der Waals surface area contributed by atoms with Crippen LogP contribution in [-0.4, -0.2) is 4.98 Å². The van der Waals surface area contributed by atoms with Crippen LogP contribution in [0.4, 0.5) is 4.39 Å². The lowest BCUT2D eigenvalue weighted by molar-refractivity contribution is 0.296. The van der Waals surface area contributed by atoms with Crippen molar-refractivity contribution in [3.05, 3.63) is 108 Å². The number of ether oxygens (including phenoxy) is 1. The first kappa shape index (κ1) is 18.1. The molecule has 2 N–H and O–H groups in total. The Morgan fingerprint density at radius 3 is 2.57 bits per heavy atom. The Labute approximate surface area is 163 Å². The molecule has 1 aromatic heterocycles. The Hall–Kier alpha value is -3.24. The third kappa shape index (κ3) is 3.87. The van der Waals surface area contributed by atoms with E-state index in [0.29, 0.717) is 12.0 Å². The van der Waals surface area contributed by atoms with Crippen molar-refractivity contribution in [1.82, 2.24) is 4.98 Å². The van der Waals surface area contributed by atoms with Crippen molar-refractivity contribution in [2.75, 3.05) is 0 Å². The molecule has 0 radical (unpaired) electrons. The second-order valence-electron chi connectivity index (χ2n) is 6.74. The van der Waals surface area contributed by atoms with Gasteiger partial charge in [-0.15, -0.1) is 0 Å². The third-order valence-electron chi connectivity index (χ3n) is 4.88. The lowest BCUT2D eigenvalue weighted by Crippen LogP contribution is -2.14. The largest absolute Gasteiger partial charge is 0.488 e. The highest BCUT2D eigenvalue weighted by Crippen LogP contribution is 2.32. The molecule has 0 bridgehead atoms. The highest BCUT2D eigenvalue weighted by Gasteiger charge is 2.15. The summed E-state index contributed by atoms with van der Waals surface area (Å²) in [6, 6.07) is 22.4. The summed E-state index contributed by atoms with van der Waals surface area (Å²) in [6.45, 7) is 0.167. The number of benzene rings is 3. The lowest BCUT2D eigenvalue weighted by atomic mass is 9.95. The number of nitrogens with zero attached hydrogens (tertiary/aromatic N) is 1. The number of fused-ring (bicyclic) bond motifs is 1. The second-order valence-corrected chi connectivity index (χ2v) is 6.74. The van der Waals surface area contributed by atoms with Gasteiger partial charge in [-0.25, -0.2) is 4.39 Å². The third-order valence-corrected chi connectivity index (χ3v) is 4.88. The molecule has 28 heavy (non-hydrogen) atoms. The zero-order chi connectivity index (χ0) is 19.3. The van der Waals surface area contributed by atoms with E-state index in [9.17, 15) is 4.39 Å². The molecule has 4 rings (SSSR count). The molecule has 3 aromatic carbocycles. The van der Waals surface area contributed by atoms with Gasteiger partial charge in [-0.3, -0.25) is 4.98 Å². The van der Waals surface area contributed by atoms with E-state index < -0.39 is 0 Å². The van der Waals surface area contributed by atoms with E-state index in [1.54, 1.807) is 30.6 Å². The van der Waals surface area contributed by atoms with E-state index in [1.807, 2.05) is 36.4 Å².